The van der Waals surface area contributed by atoms with E-state index in [1.165, 1.54) is 0 Å². The van der Waals surface area contributed by atoms with Crippen molar-refractivity contribution in [1.82, 2.24) is 14.8 Å². The summed E-state index contributed by atoms with van der Waals surface area (Å²) in [7, 11) is 0. The minimum absolute atomic E-state index is 0.0215. The molecule has 3 heterocycles. The number of morpholine rings is 1. The van der Waals surface area contributed by atoms with E-state index in [2.05, 4.69) is 4.98 Å². The van der Waals surface area contributed by atoms with Crippen molar-refractivity contribution in [2.45, 2.75) is 25.8 Å². The molecule has 0 saturated carbocycles. The molecule has 3 rings (SSSR count). The second kappa shape index (κ2) is 5.46. The van der Waals surface area contributed by atoms with Crippen LogP contribution in [-0.4, -0.2) is 53.7 Å². The average molecular weight is 281 g/mol. The van der Waals surface area contributed by atoms with Crippen LogP contribution in [0.15, 0.2) is 5.38 Å². The Morgan fingerprint density at radius 3 is 2.89 bits per heavy atom. The van der Waals surface area contributed by atoms with Gasteiger partial charge in [0.25, 0.3) is 0 Å². The Morgan fingerprint density at radius 2 is 2.21 bits per heavy atom. The molecule has 2 saturated heterocycles. The van der Waals surface area contributed by atoms with E-state index in [1.54, 1.807) is 11.3 Å². The van der Waals surface area contributed by atoms with Crippen LogP contribution in [0.4, 0.5) is 4.79 Å². The number of aromatic nitrogens is 1. The lowest BCUT2D eigenvalue weighted by atomic mass is 10.2. The van der Waals surface area contributed by atoms with Crippen LogP contribution in [0.2, 0.25) is 0 Å². The zero-order valence-corrected chi connectivity index (χ0v) is 12.0. The first kappa shape index (κ1) is 12.9. The molecule has 0 N–H and O–H groups in total. The van der Waals surface area contributed by atoms with Gasteiger partial charge in [0.1, 0.15) is 6.04 Å². The van der Waals surface area contributed by atoms with Crippen molar-refractivity contribution < 1.29 is 9.53 Å². The van der Waals surface area contributed by atoms with Crippen molar-refractivity contribution >= 4 is 17.4 Å². The average Bonchev–Trinajstić information content (AvgIpc) is 3.09. The van der Waals surface area contributed by atoms with Crippen molar-refractivity contribution in [3.63, 3.8) is 0 Å². The molecule has 104 valence electrons. The Kier molecular flexibility index (Phi) is 3.70. The Bertz CT molecular complexity index is 456. The SMILES string of the molecule is Cc1nc(C2COCCN2C(=O)N2CCCC2)cs1. The van der Waals surface area contributed by atoms with Gasteiger partial charge in [-0.3, -0.25) is 0 Å². The summed E-state index contributed by atoms with van der Waals surface area (Å²) in [5.74, 6) is 0. The van der Waals surface area contributed by atoms with E-state index in [0.717, 1.165) is 36.6 Å². The number of aryl methyl sites for hydroxylation is 1. The van der Waals surface area contributed by atoms with Gasteiger partial charge in [-0.2, -0.15) is 0 Å². The molecule has 5 nitrogen and oxygen atoms in total. The Balaban J connectivity index is 1.78. The first-order chi connectivity index (χ1) is 9.25. The first-order valence-corrected chi connectivity index (χ1v) is 7.69. The maximum Gasteiger partial charge on any atom is 0.320 e. The third-order valence-corrected chi connectivity index (χ3v) is 4.52. The van der Waals surface area contributed by atoms with E-state index in [-0.39, 0.29) is 12.1 Å². The van der Waals surface area contributed by atoms with Gasteiger partial charge in [-0.25, -0.2) is 9.78 Å². The molecular formula is C13H19N3O2S. The van der Waals surface area contributed by atoms with E-state index in [4.69, 9.17) is 4.74 Å². The first-order valence-electron chi connectivity index (χ1n) is 6.81. The summed E-state index contributed by atoms with van der Waals surface area (Å²) < 4.78 is 5.54. The maximum atomic E-state index is 12.6. The van der Waals surface area contributed by atoms with Gasteiger partial charge < -0.3 is 14.5 Å². The zero-order chi connectivity index (χ0) is 13.2. The quantitative estimate of drug-likeness (QED) is 0.791. The van der Waals surface area contributed by atoms with Crippen LogP contribution < -0.4 is 0 Å². The van der Waals surface area contributed by atoms with E-state index in [9.17, 15) is 4.79 Å². The summed E-state index contributed by atoms with van der Waals surface area (Å²) in [5.41, 5.74) is 0.967. The number of rotatable bonds is 1. The number of carbonyl (C=O) groups excluding carboxylic acids is 1. The summed E-state index contributed by atoms with van der Waals surface area (Å²) in [6.07, 6.45) is 2.24. The highest BCUT2D eigenvalue weighted by molar-refractivity contribution is 7.09. The lowest BCUT2D eigenvalue weighted by molar-refractivity contribution is 0.00329. The number of ether oxygens (including phenoxy) is 1. The Morgan fingerprint density at radius 1 is 1.42 bits per heavy atom. The summed E-state index contributed by atoms with van der Waals surface area (Å²) >= 11 is 1.63. The van der Waals surface area contributed by atoms with Gasteiger partial charge in [-0.15, -0.1) is 11.3 Å². The predicted octanol–water partition coefficient (Wildman–Crippen LogP) is 2.04. The van der Waals surface area contributed by atoms with Crippen LogP contribution >= 0.6 is 11.3 Å². The van der Waals surface area contributed by atoms with Crippen LogP contribution in [0.5, 0.6) is 0 Å². The molecular weight excluding hydrogens is 262 g/mol. The number of thiazole rings is 1. The highest BCUT2D eigenvalue weighted by Crippen LogP contribution is 2.27. The van der Waals surface area contributed by atoms with Gasteiger partial charge in [-0.1, -0.05) is 0 Å². The molecule has 1 aromatic heterocycles. The van der Waals surface area contributed by atoms with Crippen molar-refractivity contribution in [2.24, 2.45) is 0 Å². The molecule has 0 aromatic carbocycles. The molecule has 0 aliphatic carbocycles. The molecule has 19 heavy (non-hydrogen) atoms. The van der Waals surface area contributed by atoms with Gasteiger partial charge in [0, 0.05) is 25.0 Å². The molecule has 2 aliphatic rings. The number of hydrogen-bond acceptors (Lipinski definition) is 4. The topological polar surface area (TPSA) is 45.7 Å². The minimum Gasteiger partial charge on any atom is -0.377 e. The van der Waals surface area contributed by atoms with Crippen LogP contribution in [0.1, 0.15) is 29.6 Å². The number of amides is 2. The standard InChI is InChI=1S/C13H19N3O2S/c1-10-14-11(9-19-10)12-8-18-7-6-16(12)13(17)15-4-2-3-5-15/h9,12H,2-8H2,1H3. The number of hydrogen-bond donors (Lipinski definition) is 0. The largest absolute Gasteiger partial charge is 0.377 e. The Hall–Kier alpha value is -1.14. The molecule has 0 bridgehead atoms. The normalized spacial score (nSPS) is 23.9. The fraction of sp³-hybridized carbons (Fsp3) is 0.692. The number of likely N-dealkylation sites (tertiary alicyclic amines) is 1. The number of nitrogens with zero attached hydrogens (tertiary/aromatic N) is 3. The summed E-state index contributed by atoms with van der Waals surface area (Å²) in [4.78, 5) is 21.0. The third kappa shape index (κ3) is 2.60. The van der Waals surface area contributed by atoms with Crippen LogP contribution in [0, 0.1) is 6.92 Å². The molecule has 6 heteroatoms. The van der Waals surface area contributed by atoms with Gasteiger partial charge in [0.15, 0.2) is 0 Å². The predicted molar refractivity (Wildman–Crippen MR) is 73.3 cm³/mol. The van der Waals surface area contributed by atoms with Crippen molar-refractivity contribution in [3.05, 3.63) is 16.1 Å². The summed E-state index contributed by atoms with van der Waals surface area (Å²) in [6.45, 7) is 5.61. The maximum absolute atomic E-state index is 12.6. The molecule has 1 aromatic rings. The van der Waals surface area contributed by atoms with Gasteiger partial charge >= 0.3 is 6.03 Å². The summed E-state index contributed by atoms with van der Waals surface area (Å²) in [6, 6.07) is 0.128. The molecule has 2 fully saturated rings. The minimum atomic E-state index is -0.0215. The molecule has 1 unspecified atom stereocenters. The molecule has 2 amide bonds. The van der Waals surface area contributed by atoms with E-state index in [0.29, 0.717) is 19.8 Å². The molecule has 0 spiro atoms. The highest BCUT2D eigenvalue weighted by Gasteiger charge is 2.33. The van der Waals surface area contributed by atoms with Crippen LogP contribution in [0.25, 0.3) is 0 Å². The van der Waals surface area contributed by atoms with E-state index < -0.39 is 0 Å². The van der Waals surface area contributed by atoms with Crippen molar-refractivity contribution in [2.75, 3.05) is 32.8 Å². The monoisotopic (exact) mass is 281 g/mol. The summed E-state index contributed by atoms with van der Waals surface area (Å²) in [5, 5.41) is 3.08. The van der Waals surface area contributed by atoms with E-state index >= 15 is 0 Å². The van der Waals surface area contributed by atoms with Crippen molar-refractivity contribution in [3.8, 4) is 0 Å². The third-order valence-electron chi connectivity index (χ3n) is 3.73. The fourth-order valence-corrected chi connectivity index (χ4v) is 3.36. The van der Waals surface area contributed by atoms with Gasteiger partial charge in [0.2, 0.25) is 0 Å². The van der Waals surface area contributed by atoms with Gasteiger partial charge in [0.05, 0.1) is 23.9 Å². The molecule has 1 atom stereocenters. The second-order valence-corrected chi connectivity index (χ2v) is 6.11. The fourth-order valence-electron chi connectivity index (χ4n) is 2.70. The zero-order valence-electron chi connectivity index (χ0n) is 11.2. The van der Waals surface area contributed by atoms with Crippen LogP contribution in [0.3, 0.4) is 0 Å². The van der Waals surface area contributed by atoms with Gasteiger partial charge in [-0.05, 0) is 19.8 Å². The highest BCUT2D eigenvalue weighted by atomic mass is 32.1. The number of urea groups is 1. The smallest absolute Gasteiger partial charge is 0.320 e. The van der Waals surface area contributed by atoms with E-state index in [1.807, 2.05) is 22.1 Å². The number of carbonyl (C=O) groups is 1. The molecule has 2 aliphatic heterocycles. The second-order valence-electron chi connectivity index (χ2n) is 5.05. The lowest BCUT2D eigenvalue weighted by Gasteiger charge is -2.37. The van der Waals surface area contributed by atoms with Crippen LogP contribution in [-0.2, 0) is 4.74 Å². The van der Waals surface area contributed by atoms with Crippen molar-refractivity contribution in [1.29, 1.82) is 0 Å². The molecule has 0 radical (unpaired) electrons. The Labute approximate surface area is 117 Å². The lowest BCUT2D eigenvalue weighted by Crippen LogP contribution is -2.49.